The van der Waals surface area contributed by atoms with Gasteiger partial charge >= 0.3 is 0 Å². The van der Waals surface area contributed by atoms with Gasteiger partial charge in [-0.2, -0.15) is 10.2 Å². The van der Waals surface area contributed by atoms with E-state index in [0.29, 0.717) is 5.75 Å². The molecule has 3 aromatic heterocycles. The molecule has 0 radical (unpaired) electrons. The predicted molar refractivity (Wildman–Crippen MR) is 73.5 cm³/mol. The number of hydrogen-bond donors (Lipinski definition) is 1. The van der Waals surface area contributed by atoms with Gasteiger partial charge in [0.05, 0.1) is 37.3 Å². The number of methoxy groups -OCH3 is 1. The summed E-state index contributed by atoms with van der Waals surface area (Å²) < 4.78 is 8.94. The molecule has 0 bridgehead atoms. The van der Waals surface area contributed by atoms with Gasteiger partial charge in [-0.15, -0.1) is 0 Å². The van der Waals surface area contributed by atoms with Crippen LogP contribution in [-0.4, -0.2) is 31.5 Å². The highest BCUT2D eigenvalue weighted by atomic mass is 16.5. The molecule has 0 spiro atoms. The molecule has 20 heavy (non-hydrogen) atoms. The Hall–Kier alpha value is -2.41. The van der Waals surface area contributed by atoms with Gasteiger partial charge in [0, 0.05) is 24.5 Å². The molecule has 3 heterocycles. The van der Waals surface area contributed by atoms with Gasteiger partial charge in [-0.25, -0.2) is 4.52 Å². The van der Waals surface area contributed by atoms with Crippen molar-refractivity contribution >= 4 is 5.52 Å². The summed E-state index contributed by atoms with van der Waals surface area (Å²) in [5.74, 6) is 0.683. The Kier molecular flexibility index (Phi) is 3.11. The second-order valence-electron chi connectivity index (χ2n) is 4.40. The molecule has 3 rings (SSSR count). The summed E-state index contributed by atoms with van der Waals surface area (Å²) in [6.45, 7) is 2.74. The number of nitrogens with zero attached hydrogens (tertiary/aromatic N) is 5. The van der Waals surface area contributed by atoms with E-state index in [1.807, 2.05) is 11.6 Å². The lowest BCUT2D eigenvalue weighted by Gasteiger charge is -2.14. The van der Waals surface area contributed by atoms with Crippen LogP contribution >= 0.6 is 0 Å². The maximum absolute atomic E-state index is 6.40. The molecule has 0 amide bonds. The number of ether oxygens (including phenoxy) is 1. The highest BCUT2D eigenvalue weighted by Crippen LogP contribution is 2.29. The quantitative estimate of drug-likeness (QED) is 0.766. The van der Waals surface area contributed by atoms with Gasteiger partial charge in [-0.1, -0.05) is 0 Å². The predicted octanol–water partition coefficient (Wildman–Crippen LogP) is 1.00. The molecular formula is C13H16N6O. The van der Waals surface area contributed by atoms with Gasteiger partial charge in [0.1, 0.15) is 5.69 Å². The molecule has 7 heteroatoms. The minimum absolute atomic E-state index is 0.367. The Labute approximate surface area is 116 Å². The number of fused-ring (bicyclic) bond motifs is 1. The molecule has 104 valence electrons. The van der Waals surface area contributed by atoms with Crippen molar-refractivity contribution in [1.82, 2.24) is 24.4 Å². The second kappa shape index (κ2) is 4.93. The van der Waals surface area contributed by atoms with Crippen molar-refractivity contribution in [1.29, 1.82) is 0 Å². The molecule has 0 saturated carbocycles. The van der Waals surface area contributed by atoms with Crippen molar-refractivity contribution < 1.29 is 4.74 Å². The smallest absolute Gasteiger partial charge is 0.161 e. The van der Waals surface area contributed by atoms with Crippen LogP contribution in [0.5, 0.6) is 5.75 Å². The fourth-order valence-electron chi connectivity index (χ4n) is 2.34. The molecule has 7 nitrogen and oxygen atoms in total. The zero-order chi connectivity index (χ0) is 14.1. The monoisotopic (exact) mass is 272 g/mol. The normalized spacial score (nSPS) is 12.8. The largest absolute Gasteiger partial charge is 0.493 e. The van der Waals surface area contributed by atoms with E-state index in [9.17, 15) is 0 Å². The number of aromatic nitrogens is 5. The van der Waals surface area contributed by atoms with E-state index in [1.54, 1.807) is 42.6 Å². The maximum atomic E-state index is 6.40. The average Bonchev–Trinajstić information content (AvgIpc) is 3.10. The summed E-state index contributed by atoms with van der Waals surface area (Å²) >= 11 is 0. The summed E-state index contributed by atoms with van der Waals surface area (Å²) in [5, 5.41) is 8.57. The highest BCUT2D eigenvalue weighted by molar-refractivity contribution is 5.56. The van der Waals surface area contributed by atoms with Gasteiger partial charge in [-0.3, -0.25) is 9.67 Å². The summed E-state index contributed by atoms with van der Waals surface area (Å²) in [6.07, 6.45) is 8.67. The number of aryl methyl sites for hydroxylation is 1. The second-order valence-corrected chi connectivity index (χ2v) is 4.40. The summed E-state index contributed by atoms with van der Waals surface area (Å²) in [7, 11) is 1.62. The van der Waals surface area contributed by atoms with Crippen LogP contribution in [0.25, 0.3) is 5.52 Å². The first kappa shape index (κ1) is 12.6. The molecule has 1 unspecified atom stereocenters. The average molecular weight is 272 g/mol. The van der Waals surface area contributed by atoms with Crippen molar-refractivity contribution in [2.24, 2.45) is 5.73 Å². The molecule has 0 aliphatic heterocycles. The van der Waals surface area contributed by atoms with Crippen molar-refractivity contribution in [3.63, 3.8) is 0 Å². The van der Waals surface area contributed by atoms with Crippen molar-refractivity contribution in [2.45, 2.75) is 19.5 Å². The van der Waals surface area contributed by atoms with Crippen LogP contribution in [0.3, 0.4) is 0 Å². The van der Waals surface area contributed by atoms with Gasteiger partial charge in [0.2, 0.25) is 0 Å². The van der Waals surface area contributed by atoms with Crippen LogP contribution < -0.4 is 10.5 Å². The Morgan fingerprint density at radius 1 is 1.30 bits per heavy atom. The third-order valence-electron chi connectivity index (χ3n) is 3.35. The van der Waals surface area contributed by atoms with E-state index in [0.717, 1.165) is 23.3 Å². The first-order valence-corrected chi connectivity index (χ1v) is 6.38. The first-order chi connectivity index (χ1) is 9.76. The van der Waals surface area contributed by atoms with E-state index in [2.05, 4.69) is 15.2 Å². The summed E-state index contributed by atoms with van der Waals surface area (Å²) in [5.41, 5.74) is 9.02. The topological polar surface area (TPSA) is 83.3 Å². The zero-order valence-corrected chi connectivity index (χ0v) is 11.4. The number of nitrogens with two attached hydrogens (primary N) is 1. The minimum atomic E-state index is -0.367. The number of rotatable bonds is 4. The Bertz CT molecular complexity index is 710. The van der Waals surface area contributed by atoms with Crippen molar-refractivity contribution in [3.05, 3.63) is 42.2 Å². The molecule has 2 N–H and O–H groups in total. The highest BCUT2D eigenvalue weighted by Gasteiger charge is 2.22. The molecule has 3 aromatic rings. The van der Waals surface area contributed by atoms with Gasteiger partial charge in [0.15, 0.2) is 5.75 Å². The molecular weight excluding hydrogens is 256 g/mol. The SMILES string of the molecule is CCn1ncc(OC)c1C(N)c1cnn2ccncc12. The van der Waals surface area contributed by atoms with Crippen molar-refractivity contribution in [3.8, 4) is 5.75 Å². The van der Waals surface area contributed by atoms with Crippen LogP contribution in [-0.2, 0) is 6.54 Å². The van der Waals surface area contributed by atoms with E-state index in [4.69, 9.17) is 10.5 Å². The molecule has 0 aliphatic rings. The zero-order valence-electron chi connectivity index (χ0n) is 11.4. The number of hydrogen-bond acceptors (Lipinski definition) is 5. The molecule has 0 aliphatic carbocycles. The molecule has 0 saturated heterocycles. The van der Waals surface area contributed by atoms with Crippen LogP contribution in [0, 0.1) is 0 Å². The van der Waals surface area contributed by atoms with E-state index >= 15 is 0 Å². The Morgan fingerprint density at radius 3 is 2.90 bits per heavy atom. The first-order valence-electron chi connectivity index (χ1n) is 6.38. The third kappa shape index (κ3) is 1.83. The van der Waals surface area contributed by atoms with Crippen LogP contribution in [0.4, 0.5) is 0 Å². The van der Waals surface area contributed by atoms with E-state index in [1.165, 1.54) is 0 Å². The molecule has 1 atom stereocenters. The van der Waals surface area contributed by atoms with Crippen LogP contribution in [0.1, 0.15) is 24.2 Å². The standard InChI is InChI=1S/C13H16N6O/c1-3-18-13(11(20-2)8-17-18)12(14)9-6-16-19-5-4-15-7-10(9)19/h4-8,12H,3,14H2,1-2H3. The van der Waals surface area contributed by atoms with E-state index < -0.39 is 0 Å². The van der Waals surface area contributed by atoms with E-state index in [-0.39, 0.29) is 6.04 Å². The Balaban J connectivity index is 2.13. The Morgan fingerprint density at radius 2 is 2.15 bits per heavy atom. The van der Waals surface area contributed by atoms with Gasteiger partial charge in [-0.05, 0) is 6.92 Å². The third-order valence-corrected chi connectivity index (χ3v) is 3.35. The summed E-state index contributed by atoms with van der Waals surface area (Å²) in [6, 6.07) is -0.367. The van der Waals surface area contributed by atoms with Crippen LogP contribution in [0.15, 0.2) is 31.0 Å². The fraction of sp³-hybridized carbons (Fsp3) is 0.308. The van der Waals surface area contributed by atoms with Crippen LogP contribution in [0.2, 0.25) is 0 Å². The lowest BCUT2D eigenvalue weighted by Crippen LogP contribution is -2.18. The fourth-order valence-corrected chi connectivity index (χ4v) is 2.34. The van der Waals surface area contributed by atoms with Gasteiger partial charge < -0.3 is 10.5 Å². The van der Waals surface area contributed by atoms with Crippen molar-refractivity contribution in [2.75, 3.05) is 7.11 Å². The van der Waals surface area contributed by atoms with Gasteiger partial charge in [0.25, 0.3) is 0 Å². The molecule has 0 fully saturated rings. The maximum Gasteiger partial charge on any atom is 0.161 e. The summed E-state index contributed by atoms with van der Waals surface area (Å²) in [4.78, 5) is 4.12. The molecule has 0 aromatic carbocycles. The lowest BCUT2D eigenvalue weighted by atomic mass is 10.1. The lowest BCUT2D eigenvalue weighted by molar-refractivity contribution is 0.405. The minimum Gasteiger partial charge on any atom is -0.493 e.